The van der Waals surface area contributed by atoms with Crippen molar-refractivity contribution < 1.29 is 56.6 Å². The monoisotopic (exact) mass is 832 g/mol. The van der Waals surface area contributed by atoms with Crippen LogP contribution >= 0.6 is 12.0 Å². The molecule has 5 aromatic rings. The van der Waals surface area contributed by atoms with E-state index in [1.54, 1.807) is 44.2 Å². The Balaban J connectivity index is 1.28. The van der Waals surface area contributed by atoms with Crippen LogP contribution in [0.3, 0.4) is 0 Å². The number of ether oxygens (including phenoxy) is 2. The highest BCUT2D eigenvalue weighted by molar-refractivity contribution is 7.94. The third kappa shape index (κ3) is 11.0. The van der Waals surface area contributed by atoms with Crippen LogP contribution in [0.2, 0.25) is 0 Å². The van der Waals surface area contributed by atoms with Gasteiger partial charge in [-0.05, 0) is 104 Å². The molecule has 18 nitrogen and oxygen atoms in total. The van der Waals surface area contributed by atoms with Gasteiger partial charge in [-0.3, -0.25) is 18.9 Å². The van der Waals surface area contributed by atoms with E-state index in [1.165, 1.54) is 68.6 Å². The standard InChI is InChI=1S/C38H36N6O12S2/c1-21-15-25-7-10-27(18-29(25)35(16-21)58(50,51)52)42-43-28-11-12-30(33(19-28)54-14-13-45)39-37(47)24-5-8-26(9-6-24)41-44-36(23(3)46)38(48)40-31-17-22(2)34(57-56-55-49)20-32(31)53-4/h5-12,15-20,36,45,49H,13-14H2,1-4H3,(H,39,47)(H,40,48)(H,50,51,52). The van der Waals surface area contributed by atoms with Crippen LogP contribution in [0.1, 0.15) is 28.4 Å². The van der Waals surface area contributed by atoms with Gasteiger partial charge >= 0.3 is 0 Å². The number of Topliss-reactive ketones (excluding diaryl/α,β-unsaturated/α-hetero) is 1. The van der Waals surface area contributed by atoms with Crippen LogP contribution in [0, 0.1) is 13.8 Å². The third-order valence-electron chi connectivity index (χ3n) is 8.13. The Morgan fingerprint density at radius 2 is 1.52 bits per heavy atom. The van der Waals surface area contributed by atoms with E-state index in [-0.39, 0.29) is 57.6 Å². The van der Waals surface area contributed by atoms with Gasteiger partial charge in [-0.1, -0.05) is 17.2 Å². The van der Waals surface area contributed by atoms with Crippen LogP contribution in [0.25, 0.3) is 10.8 Å². The number of hydrogen-bond donors (Lipinski definition) is 5. The number of nitrogens with zero attached hydrogens (tertiary/aromatic N) is 4. The zero-order valence-corrected chi connectivity index (χ0v) is 32.8. The molecule has 1 atom stereocenters. The van der Waals surface area contributed by atoms with Crippen molar-refractivity contribution in [3.63, 3.8) is 0 Å². The number of fused-ring (bicyclic) bond motifs is 1. The first-order chi connectivity index (χ1) is 27.7. The lowest BCUT2D eigenvalue weighted by Gasteiger charge is -2.15. The van der Waals surface area contributed by atoms with E-state index in [4.69, 9.17) is 14.7 Å². The topological polar surface area (TPSA) is 256 Å². The maximum absolute atomic E-state index is 13.2. The third-order valence-corrected chi connectivity index (χ3v) is 9.77. The van der Waals surface area contributed by atoms with E-state index < -0.39 is 33.8 Å². The number of azo groups is 2. The van der Waals surface area contributed by atoms with Crippen molar-refractivity contribution in [1.29, 1.82) is 0 Å². The van der Waals surface area contributed by atoms with E-state index in [0.717, 1.165) is 0 Å². The summed E-state index contributed by atoms with van der Waals surface area (Å²) in [6, 6.07) is 19.9. The quantitative estimate of drug-likeness (QED) is 0.0149. The molecule has 0 aliphatic carbocycles. The normalized spacial score (nSPS) is 12.2. The molecule has 0 bridgehead atoms. The largest absolute Gasteiger partial charge is 0.495 e. The first-order valence-electron chi connectivity index (χ1n) is 17.0. The predicted octanol–water partition coefficient (Wildman–Crippen LogP) is 7.86. The summed E-state index contributed by atoms with van der Waals surface area (Å²) in [5, 5.41) is 44.1. The zero-order chi connectivity index (χ0) is 42.0. The summed E-state index contributed by atoms with van der Waals surface area (Å²) in [6.07, 6.45) is 0. The molecule has 20 heteroatoms. The minimum absolute atomic E-state index is 0.0970. The average molecular weight is 833 g/mol. The van der Waals surface area contributed by atoms with E-state index in [9.17, 15) is 32.5 Å². The van der Waals surface area contributed by atoms with E-state index in [1.807, 2.05) is 0 Å². The zero-order valence-electron chi connectivity index (χ0n) is 31.2. The predicted molar refractivity (Wildman–Crippen MR) is 212 cm³/mol. The molecule has 2 amide bonds. The number of ketones is 1. The molecule has 0 radical (unpaired) electrons. The first kappa shape index (κ1) is 43.0. The van der Waals surface area contributed by atoms with Crippen LogP contribution in [-0.2, 0) is 29.1 Å². The molecule has 5 rings (SSSR count). The van der Waals surface area contributed by atoms with Crippen LogP contribution in [0.5, 0.6) is 11.5 Å². The molecular formula is C38H36N6O12S2. The Morgan fingerprint density at radius 3 is 2.17 bits per heavy atom. The van der Waals surface area contributed by atoms with Gasteiger partial charge in [0.2, 0.25) is 6.04 Å². The molecule has 0 saturated heterocycles. The highest BCUT2D eigenvalue weighted by Gasteiger charge is 2.25. The summed E-state index contributed by atoms with van der Waals surface area (Å²) in [4.78, 5) is 39.0. The van der Waals surface area contributed by atoms with Crippen LogP contribution in [-0.4, -0.2) is 67.3 Å². The van der Waals surface area contributed by atoms with E-state index in [2.05, 4.69) is 40.5 Å². The molecule has 58 heavy (non-hydrogen) atoms. The summed E-state index contributed by atoms with van der Waals surface area (Å²) in [7, 11) is -3.13. The lowest BCUT2D eigenvalue weighted by molar-refractivity contribution is -0.432. The van der Waals surface area contributed by atoms with Gasteiger partial charge in [-0.15, -0.1) is 4.33 Å². The minimum Gasteiger partial charge on any atom is -0.495 e. The Kier molecular flexibility index (Phi) is 14.3. The molecule has 5 aromatic carbocycles. The summed E-state index contributed by atoms with van der Waals surface area (Å²) < 4.78 is 49.2. The maximum Gasteiger partial charge on any atom is 0.295 e. The molecule has 302 valence electrons. The molecule has 0 heterocycles. The van der Waals surface area contributed by atoms with Crippen molar-refractivity contribution in [2.24, 2.45) is 20.5 Å². The number of carbonyl (C=O) groups excluding carboxylic acids is 3. The molecule has 0 aliphatic heterocycles. The van der Waals surface area contributed by atoms with Gasteiger partial charge in [0.15, 0.2) is 5.78 Å². The van der Waals surface area contributed by atoms with Crippen molar-refractivity contribution in [2.45, 2.75) is 36.6 Å². The number of nitrogens with one attached hydrogen (secondary N) is 2. The molecular weight excluding hydrogens is 797 g/mol. The van der Waals surface area contributed by atoms with Crippen molar-refractivity contribution in [1.82, 2.24) is 0 Å². The fraction of sp³-hybridized carbons (Fsp3) is 0.184. The maximum atomic E-state index is 13.2. The highest BCUT2D eigenvalue weighted by atomic mass is 32.2. The lowest BCUT2D eigenvalue weighted by Crippen LogP contribution is -2.32. The van der Waals surface area contributed by atoms with Gasteiger partial charge in [0.1, 0.15) is 23.0 Å². The van der Waals surface area contributed by atoms with Gasteiger partial charge in [-0.2, -0.15) is 28.9 Å². The number of aliphatic hydroxyl groups is 1. The second kappa shape index (κ2) is 19.3. The molecule has 5 N–H and O–H groups in total. The number of carbonyl (C=O) groups is 3. The SMILES string of the molecule is COc1cc(SOOO)c(C)cc1NC(=O)C(N=Nc1ccc(C(=O)Nc2ccc(N=Nc3ccc4cc(C)cc(S(=O)(=O)O)c4c3)cc2OCCO)cc1)C(C)=O. The number of hydrogen-bond acceptors (Lipinski definition) is 16. The van der Waals surface area contributed by atoms with Gasteiger partial charge in [0, 0.05) is 21.9 Å². The van der Waals surface area contributed by atoms with Gasteiger partial charge in [0.25, 0.3) is 21.9 Å². The summed E-state index contributed by atoms with van der Waals surface area (Å²) in [5.74, 6) is -1.48. The number of benzene rings is 5. The van der Waals surface area contributed by atoms with Crippen molar-refractivity contribution >= 4 is 79.0 Å². The van der Waals surface area contributed by atoms with Crippen LogP contribution in [0.4, 0.5) is 28.4 Å². The fourth-order valence-corrected chi connectivity index (χ4v) is 6.63. The minimum atomic E-state index is -4.50. The molecule has 0 aromatic heterocycles. The second-order valence-electron chi connectivity index (χ2n) is 12.4. The Bertz CT molecular complexity index is 2510. The average Bonchev–Trinajstić information content (AvgIpc) is 3.19. The number of anilines is 2. The lowest BCUT2D eigenvalue weighted by atomic mass is 10.1. The molecule has 1 unspecified atom stereocenters. The summed E-state index contributed by atoms with van der Waals surface area (Å²) in [6.45, 7) is 4.20. The van der Waals surface area contributed by atoms with E-state index in [0.29, 0.717) is 44.8 Å². The molecule has 0 saturated carbocycles. The molecule has 0 spiro atoms. The number of aryl methyl sites for hydroxylation is 2. The van der Waals surface area contributed by atoms with Crippen LogP contribution in [0.15, 0.2) is 115 Å². The number of rotatable bonds is 17. The number of amides is 2. The Hall–Kier alpha value is -6.13. The Labute approximate surface area is 335 Å². The number of methoxy groups -OCH3 is 1. The summed E-state index contributed by atoms with van der Waals surface area (Å²) >= 11 is 0.714. The van der Waals surface area contributed by atoms with E-state index >= 15 is 0 Å². The van der Waals surface area contributed by atoms with Gasteiger partial charge < -0.3 is 25.2 Å². The van der Waals surface area contributed by atoms with Crippen LogP contribution < -0.4 is 20.1 Å². The van der Waals surface area contributed by atoms with Crippen molar-refractivity contribution in [3.8, 4) is 11.5 Å². The van der Waals surface area contributed by atoms with Crippen molar-refractivity contribution in [3.05, 3.63) is 102 Å². The second-order valence-corrected chi connectivity index (χ2v) is 14.5. The van der Waals surface area contributed by atoms with Gasteiger partial charge in [0.05, 0.1) is 54.2 Å². The molecule has 0 aliphatic rings. The highest BCUT2D eigenvalue weighted by Crippen LogP contribution is 2.35. The smallest absolute Gasteiger partial charge is 0.295 e. The fourth-order valence-electron chi connectivity index (χ4n) is 5.39. The number of aliphatic hydroxyl groups excluding tert-OH is 1. The van der Waals surface area contributed by atoms with Gasteiger partial charge in [-0.25, -0.2) is 5.26 Å². The van der Waals surface area contributed by atoms with Crippen molar-refractivity contribution in [2.75, 3.05) is 31.0 Å². The summed E-state index contributed by atoms with van der Waals surface area (Å²) in [5.41, 5.74) is 2.86. The first-order valence-corrected chi connectivity index (χ1v) is 19.2. The molecule has 0 fully saturated rings. The Morgan fingerprint density at radius 1 is 0.828 bits per heavy atom.